The highest BCUT2D eigenvalue weighted by Crippen LogP contribution is 2.35. The van der Waals surface area contributed by atoms with Crippen LogP contribution in [0.15, 0.2) is 64.3 Å². The van der Waals surface area contributed by atoms with Crippen molar-refractivity contribution in [1.29, 1.82) is 0 Å². The summed E-state index contributed by atoms with van der Waals surface area (Å²) in [6.07, 6.45) is -4.47. The molecule has 0 aliphatic carbocycles. The molecule has 0 amide bonds. The van der Waals surface area contributed by atoms with E-state index in [1.165, 1.54) is 17.8 Å². The summed E-state index contributed by atoms with van der Waals surface area (Å²) in [4.78, 5) is 0. The number of hydrogen-bond acceptors (Lipinski definition) is 5. The Labute approximate surface area is 178 Å². The van der Waals surface area contributed by atoms with Crippen molar-refractivity contribution in [3.63, 3.8) is 0 Å². The molecule has 0 spiro atoms. The summed E-state index contributed by atoms with van der Waals surface area (Å²) in [5.74, 6) is 1.43. The van der Waals surface area contributed by atoms with E-state index in [-0.39, 0.29) is 5.69 Å². The molecule has 154 valence electrons. The van der Waals surface area contributed by atoms with Gasteiger partial charge in [0.15, 0.2) is 11.0 Å². The second-order valence-electron chi connectivity index (χ2n) is 6.39. The Bertz CT molecular complexity index is 1190. The minimum absolute atomic E-state index is 0.281. The average molecular weight is 451 g/mol. The third kappa shape index (κ3) is 4.22. The maximum absolute atomic E-state index is 13.3. The zero-order valence-corrected chi connectivity index (χ0v) is 17.1. The Hall–Kier alpha value is -2.78. The van der Waals surface area contributed by atoms with Gasteiger partial charge in [0.1, 0.15) is 5.76 Å². The van der Waals surface area contributed by atoms with E-state index in [9.17, 15) is 13.2 Å². The minimum atomic E-state index is -4.47. The van der Waals surface area contributed by atoms with E-state index >= 15 is 0 Å². The van der Waals surface area contributed by atoms with Crippen LogP contribution in [0.1, 0.15) is 17.0 Å². The number of alkyl halides is 3. The molecule has 2 heterocycles. The smallest absolute Gasteiger partial charge is 0.361 e. The van der Waals surface area contributed by atoms with Crippen LogP contribution < -0.4 is 0 Å². The molecule has 0 aliphatic rings. The van der Waals surface area contributed by atoms with Gasteiger partial charge in [0.05, 0.1) is 22.0 Å². The highest BCUT2D eigenvalue weighted by Gasteiger charge is 2.31. The normalized spacial score (nSPS) is 11.8. The fourth-order valence-electron chi connectivity index (χ4n) is 2.86. The van der Waals surface area contributed by atoms with Gasteiger partial charge in [-0.05, 0) is 37.3 Å². The van der Waals surface area contributed by atoms with Crippen LogP contribution in [0.4, 0.5) is 13.2 Å². The van der Waals surface area contributed by atoms with Crippen LogP contribution in [0.2, 0.25) is 5.02 Å². The number of nitrogens with zero attached hydrogens (tertiary/aromatic N) is 4. The van der Waals surface area contributed by atoms with E-state index in [4.69, 9.17) is 16.1 Å². The topological polar surface area (TPSA) is 56.7 Å². The van der Waals surface area contributed by atoms with E-state index in [2.05, 4.69) is 15.4 Å². The van der Waals surface area contributed by atoms with Gasteiger partial charge in [-0.25, -0.2) is 0 Å². The summed E-state index contributed by atoms with van der Waals surface area (Å²) < 4.78 is 46.5. The highest BCUT2D eigenvalue weighted by molar-refractivity contribution is 7.98. The first-order chi connectivity index (χ1) is 14.3. The number of thioether (sulfide) groups is 1. The number of benzene rings is 2. The number of aromatic nitrogens is 4. The molecule has 30 heavy (non-hydrogen) atoms. The first-order valence-electron chi connectivity index (χ1n) is 8.76. The van der Waals surface area contributed by atoms with Crippen molar-refractivity contribution in [3.8, 4) is 17.1 Å². The van der Waals surface area contributed by atoms with E-state index in [1.807, 2.05) is 0 Å². The van der Waals surface area contributed by atoms with Crippen molar-refractivity contribution >= 4 is 23.4 Å². The minimum Gasteiger partial charge on any atom is -0.361 e. The first-order valence-corrected chi connectivity index (χ1v) is 10.1. The monoisotopic (exact) mass is 450 g/mol. The SMILES string of the molecule is Cc1cc(CSc2nnc(-c3ccccc3Cl)n2-c2cccc(C(F)(F)F)c2)no1. The van der Waals surface area contributed by atoms with Gasteiger partial charge in [-0.2, -0.15) is 13.2 Å². The van der Waals surface area contributed by atoms with Crippen LogP contribution in [0.5, 0.6) is 0 Å². The summed E-state index contributed by atoms with van der Waals surface area (Å²) in [5, 5.41) is 13.2. The number of halogens is 4. The lowest BCUT2D eigenvalue weighted by molar-refractivity contribution is -0.137. The van der Waals surface area contributed by atoms with E-state index < -0.39 is 11.7 Å². The molecule has 4 aromatic rings. The molecule has 0 N–H and O–H groups in total. The Kier molecular flexibility index (Phi) is 5.57. The Balaban J connectivity index is 1.81. The second-order valence-corrected chi connectivity index (χ2v) is 7.74. The van der Waals surface area contributed by atoms with Gasteiger partial charge >= 0.3 is 6.18 Å². The molecular weight excluding hydrogens is 437 g/mol. The molecule has 0 saturated carbocycles. The zero-order chi connectivity index (χ0) is 21.3. The number of aryl methyl sites for hydroxylation is 1. The van der Waals surface area contributed by atoms with E-state index in [1.54, 1.807) is 47.9 Å². The number of rotatable bonds is 5. The molecule has 0 aliphatic heterocycles. The molecule has 5 nitrogen and oxygen atoms in total. The van der Waals surface area contributed by atoms with Crippen LogP contribution in [0.3, 0.4) is 0 Å². The van der Waals surface area contributed by atoms with Gasteiger partial charge in [0.2, 0.25) is 0 Å². The highest BCUT2D eigenvalue weighted by atomic mass is 35.5. The summed E-state index contributed by atoms with van der Waals surface area (Å²) >= 11 is 7.60. The summed E-state index contributed by atoms with van der Waals surface area (Å²) in [7, 11) is 0. The lowest BCUT2D eigenvalue weighted by Gasteiger charge is -2.13. The molecule has 0 unspecified atom stereocenters. The van der Waals surface area contributed by atoms with Gasteiger partial charge in [-0.3, -0.25) is 4.57 Å². The average Bonchev–Trinajstić information content (AvgIpc) is 3.32. The van der Waals surface area contributed by atoms with Crippen LogP contribution in [-0.4, -0.2) is 19.9 Å². The molecule has 0 bridgehead atoms. The largest absolute Gasteiger partial charge is 0.416 e. The van der Waals surface area contributed by atoms with Crippen LogP contribution >= 0.6 is 23.4 Å². The predicted octanol–water partition coefficient (Wildman–Crippen LogP) is 6.20. The van der Waals surface area contributed by atoms with Crippen LogP contribution in [-0.2, 0) is 11.9 Å². The third-order valence-electron chi connectivity index (χ3n) is 4.21. The molecule has 0 fully saturated rings. The van der Waals surface area contributed by atoms with E-state index in [0.717, 1.165) is 12.1 Å². The Morgan fingerprint density at radius 2 is 1.87 bits per heavy atom. The van der Waals surface area contributed by atoms with Crippen molar-refractivity contribution in [2.45, 2.75) is 24.0 Å². The van der Waals surface area contributed by atoms with Gasteiger partial charge in [0.25, 0.3) is 0 Å². The molecule has 2 aromatic heterocycles. The summed E-state index contributed by atoms with van der Waals surface area (Å²) in [5.41, 5.74) is 0.772. The fourth-order valence-corrected chi connectivity index (χ4v) is 3.91. The summed E-state index contributed by atoms with van der Waals surface area (Å²) in [6.45, 7) is 1.78. The van der Waals surface area contributed by atoms with Gasteiger partial charge < -0.3 is 4.52 Å². The lowest BCUT2D eigenvalue weighted by Crippen LogP contribution is -2.07. The van der Waals surface area contributed by atoms with Crippen molar-refractivity contribution in [2.24, 2.45) is 0 Å². The molecule has 10 heteroatoms. The van der Waals surface area contributed by atoms with Gasteiger partial charge in [-0.15, -0.1) is 10.2 Å². The standard InChI is InChI=1S/C20H14ClF3N4OS/c1-12-9-14(27-29-12)11-30-19-26-25-18(16-7-2-3-8-17(16)21)28(19)15-6-4-5-13(10-15)20(22,23)24/h2-10H,11H2,1H3. The van der Waals surface area contributed by atoms with Crippen molar-refractivity contribution < 1.29 is 17.7 Å². The molecule has 0 atom stereocenters. The van der Waals surface area contributed by atoms with Crippen LogP contribution in [0.25, 0.3) is 17.1 Å². The predicted molar refractivity (Wildman–Crippen MR) is 108 cm³/mol. The maximum atomic E-state index is 13.3. The van der Waals surface area contributed by atoms with Crippen molar-refractivity contribution in [1.82, 2.24) is 19.9 Å². The molecular formula is C20H14ClF3N4OS. The number of hydrogen-bond donors (Lipinski definition) is 0. The molecule has 0 saturated heterocycles. The zero-order valence-electron chi connectivity index (χ0n) is 15.5. The lowest BCUT2D eigenvalue weighted by atomic mass is 10.1. The maximum Gasteiger partial charge on any atom is 0.416 e. The Morgan fingerprint density at radius 3 is 2.57 bits per heavy atom. The van der Waals surface area contributed by atoms with Gasteiger partial charge in [-0.1, -0.05) is 46.7 Å². The van der Waals surface area contributed by atoms with Crippen molar-refractivity contribution in [2.75, 3.05) is 0 Å². The van der Waals surface area contributed by atoms with Crippen molar-refractivity contribution in [3.05, 3.63) is 76.6 Å². The fraction of sp³-hybridized carbons (Fsp3) is 0.150. The molecule has 4 rings (SSSR count). The molecule has 0 radical (unpaired) electrons. The quantitative estimate of drug-likeness (QED) is 0.339. The van der Waals surface area contributed by atoms with Crippen LogP contribution in [0, 0.1) is 6.92 Å². The first kappa shape index (κ1) is 20.5. The Morgan fingerprint density at radius 1 is 1.07 bits per heavy atom. The third-order valence-corrected chi connectivity index (χ3v) is 5.50. The molecule has 2 aromatic carbocycles. The van der Waals surface area contributed by atoms with Gasteiger partial charge in [0, 0.05) is 17.4 Å². The van der Waals surface area contributed by atoms with E-state index in [0.29, 0.717) is 38.8 Å². The second kappa shape index (κ2) is 8.16. The summed E-state index contributed by atoms with van der Waals surface area (Å²) in [6, 6.07) is 13.8.